The van der Waals surface area contributed by atoms with Crippen molar-refractivity contribution in [2.75, 3.05) is 19.8 Å². The minimum absolute atomic E-state index is 0.0570. The Hall–Kier alpha value is -2.23. The van der Waals surface area contributed by atoms with Crippen LogP contribution in [0.1, 0.15) is 44.9 Å². The number of hydrogen-bond acceptors (Lipinski definition) is 7. The zero-order valence-corrected chi connectivity index (χ0v) is 16.9. The number of aliphatic hydroxyl groups is 1. The summed E-state index contributed by atoms with van der Waals surface area (Å²) in [6, 6.07) is -0.579. The van der Waals surface area contributed by atoms with Crippen molar-refractivity contribution >= 4 is 18.0 Å². The summed E-state index contributed by atoms with van der Waals surface area (Å²) in [5, 5.41) is 22.4. The summed E-state index contributed by atoms with van der Waals surface area (Å²) in [6.45, 7) is 3.76. The summed E-state index contributed by atoms with van der Waals surface area (Å²) in [5.74, 6) is -0.459. The molecule has 0 aromatic carbocycles. The quantitative estimate of drug-likeness (QED) is 0.242. The van der Waals surface area contributed by atoms with Gasteiger partial charge in [-0.2, -0.15) is 5.06 Å². The smallest absolute Gasteiger partial charge is 0.247 e. The highest BCUT2D eigenvalue weighted by atomic mass is 16.5. The number of carbonyl (C=O) groups excluding carboxylic acids is 2. The number of nitrogens with zero attached hydrogens (tertiary/aromatic N) is 3. The Bertz CT molecular complexity index is 630. The maximum absolute atomic E-state index is 13.3. The molecule has 1 saturated carbocycles. The Morgan fingerprint density at radius 2 is 2.03 bits per heavy atom. The summed E-state index contributed by atoms with van der Waals surface area (Å²) in [5.41, 5.74) is 5.52. The van der Waals surface area contributed by atoms with E-state index >= 15 is 0 Å². The fourth-order valence-corrected chi connectivity index (χ4v) is 4.21. The molecule has 9 nitrogen and oxygen atoms in total. The number of hydrogen-bond donors (Lipinski definition) is 4. The van der Waals surface area contributed by atoms with E-state index in [0.29, 0.717) is 31.0 Å². The number of amides is 2. The first kappa shape index (κ1) is 23.1. The molecule has 2 rings (SSSR count). The van der Waals surface area contributed by atoms with Gasteiger partial charge in [-0.25, -0.2) is 0 Å². The van der Waals surface area contributed by atoms with Crippen LogP contribution in [0, 0.1) is 11.8 Å². The van der Waals surface area contributed by atoms with E-state index < -0.39 is 18.7 Å². The van der Waals surface area contributed by atoms with Gasteiger partial charge >= 0.3 is 0 Å². The van der Waals surface area contributed by atoms with E-state index in [1.807, 2.05) is 0 Å². The van der Waals surface area contributed by atoms with Gasteiger partial charge in [0.15, 0.2) is 0 Å². The van der Waals surface area contributed by atoms with Crippen LogP contribution < -0.4 is 11.1 Å². The molecule has 0 radical (unpaired) electrons. The SMILES string of the molecule is C=C(C=N/C=C\N)NC(=O)[C@@H]1CCCN1C(=O)[C@H](CC1CCCC1)CN(O)CO. The van der Waals surface area contributed by atoms with Gasteiger partial charge in [0.2, 0.25) is 11.8 Å². The van der Waals surface area contributed by atoms with Crippen LogP contribution in [0.25, 0.3) is 0 Å². The number of nitrogens with two attached hydrogens (primary N) is 1. The lowest BCUT2D eigenvalue weighted by molar-refractivity contribution is -0.163. The van der Waals surface area contributed by atoms with Crippen LogP contribution in [-0.2, 0) is 9.59 Å². The number of likely N-dealkylation sites (tertiary alicyclic amines) is 1. The summed E-state index contributed by atoms with van der Waals surface area (Å²) in [7, 11) is 0. The number of aliphatic imine (C=N–C) groups is 1. The van der Waals surface area contributed by atoms with E-state index in [0.717, 1.165) is 37.2 Å². The largest absolute Gasteiger partial charge is 0.403 e. The second kappa shape index (κ2) is 11.7. The van der Waals surface area contributed by atoms with Crippen LogP contribution in [0.5, 0.6) is 0 Å². The van der Waals surface area contributed by atoms with E-state index in [-0.39, 0.29) is 18.4 Å². The zero-order chi connectivity index (χ0) is 21.2. The van der Waals surface area contributed by atoms with Gasteiger partial charge in [-0.05, 0) is 25.2 Å². The van der Waals surface area contributed by atoms with Gasteiger partial charge in [0.25, 0.3) is 0 Å². The molecule has 2 fully saturated rings. The van der Waals surface area contributed by atoms with Crippen LogP contribution in [0.2, 0.25) is 0 Å². The van der Waals surface area contributed by atoms with Crippen LogP contribution in [-0.4, -0.2) is 64.2 Å². The van der Waals surface area contributed by atoms with E-state index in [9.17, 15) is 19.9 Å². The minimum atomic E-state index is -0.579. The number of allylic oxidation sites excluding steroid dienone is 1. The molecule has 0 aromatic heterocycles. The zero-order valence-electron chi connectivity index (χ0n) is 16.9. The van der Waals surface area contributed by atoms with Gasteiger partial charge < -0.3 is 26.3 Å². The summed E-state index contributed by atoms with van der Waals surface area (Å²) in [4.78, 5) is 31.4. The molecule has 2 atom stereocenters. The van der Waals surface area contributed by atoms with Crippen molar-refractivity contribution in [3.63, 3.8) is 0 Å². The third kappa shape index (κ3) is 6.95. The molecule has 1 heterocycles. The molecule has 29 heavy (non-hydrogen) atoms. The molecular weight excluding hydrogens is 374 g/mol. The minimum Gasteiger partial charge on any atom is -0.403 e. The van der Waals surface area contributed by atoms with Crippen LogP contribution in [0.4, 0.5) is 0 Å². The van der Waals surface area contributed by atoms with Crippen molar-refractivity contribution in [3.8, 4) is 0 Å². The molecule has 1 saturated heterocycles. The molecule has 2 amide bonds. The van der Waals surface area contributed by atoms with Crippen molar-refractivity contribution in [2.24, 2.45) is 22.6 Å². The number of aliphatic hydroxyl groups excluding tert-OH is 1. The molecule has 9 heteroatoms. The summed E-state index contributed by atoms with van der Waals surface area (Å²) >= 11 is 0. The third-order valence-electron chi connectivity index (χ3n) is 5.56. The van der Waals surface area contributed by atoms with Crippen LogP contribution in [0.15, 0.2) is 29.7 Å². The fourth-order valence-electron chi connectivity index (χ4n) is 4.21. The Morgan fingerprint density at radius 1 is 1.31 bits per heavy atom. The second-order valence-corrected chi connectivity index (χ2v) is 7.74. The van der Waals surface area contributed by atoms with Crippen molar-refractivity contribution in [3.05, 3.63) is 24.7 Å². The second-order valence-electron chi connectivity index (χ2n) is 7.74. The normalized spacial score (nSPS) is 21.5. The first-order valence-electron chi connectivity index (χ1n) is 10.2. The fraction of sp³-hybridized carbons (Fsp3) is 0.650. The molecule has 1 aliphatic carbocycles. The molecule has 0 aromatic rings. The van der Waals surface area contributed by atoms with Gasteiger partial charge in [0, 0.05) is 31.7 Å². The van der Waals surface area contributed by atoms with Crippen LogP contribution >= 0.6 is 0 Å². The monoisotopic (exact) mass is 407 g/mol. The summed E-state index contributed by atoms with van der Waals surface area (Å²) < 4.78 is 0. The molecule has 162 valence electrons. The average molecular weight is 408 g/mol. The highest BCUT2D eigenvalue weighted by Gasteiger charge is 2.38. The Labute approximate surface area is 171 Å². The first-order valence-corrected chi connectivity index (χ1v) is 10.2. The topological polar surface area (TPSA) is 131 Å². The molecule has 0 unspecified atom stereocenters. The number of nitrogens with one attached hydrogen (secondary N) is 1. The lowest BCUT2D eigenvalue weighted by Gasteiger charge is -2.30. The van der Waals surface area contributed by atoms with Crippen molar-refractivity contribution in [2.45, 2.75) is 51.0 Å². The molecule has 2 aliphatic rings. The number of rotatable bonds is 10. The van der Waals surface area contributed by atoms with E-state index in [2.05, 4.69) is 16.9 Å². The van der Waals surface area contributed by atoms with Crippen molar-refractivity contribution in [1.82, 2.24) is 15.3 Å². The average Bonchev–Trinajstić information content (AvgIpc) is 3.38. The predicted octanol–water partition coefficient (Wildman–Crippen LogP) is 0.945. The van der Waals surface area contributed by atoms with Crippen LogP contribution in [0.3, 0.4) is 0 Å². The van der Waals surface area contributed by atoms with Crippen molar-refractivity contribution in [1.29, 1.82) is 0 Å². The predicted molar refractivity (Wildman–Crippen MR) is 109 cm³/mol. The first-order chi connectivity index (χ1) is 14.0. The molecule has 0 bridgehead atoms. The highest BCUT2D eigenvalue weighted by Crippen LogP contribution is 2.32. The van der Waals surface area contributed by atoms with Gasteiger partial charge in [-0.1, -0.05) is 32.3 Å². The lowest BCUT2D eigenvalue weighted by Crippen LogP contribution is -2.49. The maximum Gasteiger partial charge on any atom is 0.247 e. The number of carbonyl (C=O) groups is 2. The Morgan fingerprint density at radius 3 is 2.69 bits per heavy atom. The highest BCUT2D eigenvalue weighted by molar-refractivity contribution is 5.93. The summed E-state index contributed by atoms with van der Waals surface area (Å²) in [6.07, 6.45) is 10.5. The molecule has 5 N–H and O–H groups in total. The van der Waals surface area contributed by atoms with Gasteiger partial charge in [0.05, 0.1) is 11.6 Å². The maximum atomic E-state index is 13.3. The standard InChI is InChI=1S/C20H33N5O4/c1-15(12-22-9-8-21)23-19(27)18-7-4-10-25(18)20(28)17(13-24(29)14-26)11-16-5-2-3-6-16/h8-9,12,16-18,26,29H,1-7,10-11,13-14,21H2,(H,23,27)/b9-8-,22-12?/t17-,18+/m1/s1. The Balaban J connectivity index is 2.03. The lowest BCUT2D eigenvalue weighted by atomic mass is 9.91. The third-order valence-corrected chi connectivity index (χ3v) is 5.56. The van der Waals surface area contributed by atoms with E-state index in [1.165, 1.54) is 18.6 Å². The number of hydroxylamine groups is 2. The Kier molecular flexibility index (Phi) is 9.30. The van der Waals surface area contributed by atoms with Crippen molar-refractivity contribution < 1.29 is 19.9 Å². The molecule has 0 spiro atoms. The van der Waals surface area contributed by atoms with Gasteiger partial charge in [-0.3, -0.25) is 14.6 Å². The molecule has 1 aliphatic heterocycles. The van der Waals surface area contributed by atoms with E-state index in [1.54, 1.807) is 4.90 Å². The molecular formula is C20H33N5O4. The van der Waals surface area contributed by atoms with E-state index in [4.69, 9.17) is 5.73 Å². The van der Waals surface area contributed by atoms with Gasteiger partial charge in [0.1, 0.15) is 12.8 Å². The van der Waals surface area contributed by atoms with Gasteiger partial charge in [-0.15, -0.1) is 0 Å².